The molecule has 0 unspecified atom stereocenters. The fourth-order valence-corrected chi connectivity index (χ4v) is 6.02. The Labute approximate surface area is 273 Å². The van der Waals surface area contributed by atoms with Crippen LogP contribution in [0.3, 0.4) is 0 Å². The van der Waals surface area contributed by atoms with Crippen LogP contribution in [0.4, 0.5) is 0 Å². The molecule has 0 heterocycles. The Morgan fingerprint density at radius 2 is 0.568 bits per heavy atom. The fourth-order valence-electron chi connectivity index (χ4n) is 6.02. The van der Waals surface area contributed by atoms with Crippen molar-refractivity contribution in [2.24, 2.45) is 0 Å². The monoisotopic (exact) mass is 613 g/mol. The predicted octanol–water partition coefficient (Wildman–Crippen LogP) is 12.1. The number of hydrogen-bond acceptors (Lipinski definition) is 2. The van der Waals surface area contributed by atoms with Gasteiger partial charge in [0.2, 0.25) is 0 Å². The Hall–Kier alpha value is -1.84. The van der Waals surface area contributed by atoms with E-state index in [0.717, 1.165) is 25.9 Å². The Balaban J connectivity index is 1.94. The molecule has 1 aromatic rings. The highest BCUT2D eigenvalue weighted by Crippen LogP contribution is 2.14. The Morgan fingerprint density at radius 3 is 0.795 bits per heavy atom. The maximum atomic E-state index is 12.5. The highest BCUT2D eigenvalue weighted by Gasteiger charge is 2.08. The van der Waals surface area contributed by atoms with Crippen molar-refractivity contribution in [2.45, 2.75) is 194 Å². The summed E-state index contributed by atoms with van der Waals surface area (Å²) in [6.45, 7) is 6.00. The van der Waals surface area contributed by atoms with Crippen LogP contribution >= 0.6 is 0 Å². The van der Waals surface area contributed by atoms with Crippen LogP contribution in [0.15, 0.2) is 24.3 Å². The van der Waals surface area contributed by atoms with E-state index in [4.69, 9.17) is 0 Å². The second kappa shape index (κ2) is 31.2. The summed E-state index contributed by atoms with van der Waals surface area (Å²) in [6, 6.07) is 7.06. The topological polar surface area (TPSA) is 58.2 Å². The Bertz CT molecular complexity index is 711. The molecule has 254 valence electrons. The summed E-state index contributed by atoms with van der Waals surface area (Å²) in [4.78, 5) is 25.0. The number of nitrogens with one attached hydrogen (secondary N) is 2. The lowest BCUT2D eigenvalue weighted by Crippen LogP contribution is -2.26. The number of unbranched alkanes of at least 4 members (excludes halogenated alkanes) is 26. The molecule has 0 radical (unpaired) electrons. The van der Waals surface area contributed by atoms with Crippen molar-refractivity contribution >= 4 is 11.8 Å². The lowest BCUT2D eigenvalue weighted by Gasteiger charge is -2.08. The zero-order valence-corrected chi connectivity index (χ0v) is 29.3. The molecule has 2 N–H and O–H groups in total. The second-order valence-corrected chi connectivity index (χ2v) is 13.3. The lowest BCUT2D eigenvalue weighted by atomic mass is 10.0. The van der Waals surface area contributed by atoms with Gasteiger partial charge in [-0.1, -0.05) is 181 Å². The zero-order valence-electron chi connectivity index (χ0n) is 29.3. The van der Waals surface area contributed by atoms with E-state index in [-0.39, 0.29) is 11.8 Å². The molecular weight excluding hydrogens is 540 g/mol. The van der Waals surface area contributed by atoms with Gasteiger partial charge in [-0.25, -0.2) is 0 Å². The van der Waals surface area contributed by atoms with E-state index in [1.54, 1.807) is 24.3 Å². The van der Waals surface area contributed by atoms with Gasteiger partial charge in [0.25, 0.3) is 11.8 Å². The van der Waals surface area contributed by atoms with E-state index < -0.39 is 0 Å². The largest absolute Gasteiger partial charge is 0.352 e. The van der Waals surface area contributed by atoms with Gasteiger partial charge in [-0.3, -0.25) is 9.59 Å². The van der Waals surface area contributed by atoms with Crippen LogP contribution in [0.25, 0.3) is 0 Å². The molecule has 0 fully saturated rings. The van der Waals surface area contributed by atoms with Crippen LogP contribution in [0.5, 0.6) is 0 Å². The number of benzene rings is 1. The van der Waals surface area contributed by atoms with Gasteiger partial charge in [-0.05, 0) is 37.1 Å². The molecule has 0 aliphatic rings. The molecule has 2 amide bonds. The maximum Gasteiger partial charge on any atom is 0.251 e. The molecule has 0 aliphatic carbocycles. The first-order valence-electron chi connectivity index (χ1n) is 19.4. The number of hydrogen-bond donors (Lipinski definition) is 2. The van der Waals surface area contributed by atoms with Gasteiger partial charge < -0.3 is 10.6 Å². The maximum absolute atomic E-state index is 12.5. The summed E-state index contributed by atoms with van der Waals surface area (Å²) in [5, 5.41) is 6.07. The third kappa shape index (κ3) is 24.5. The summed E-state index contributed by atoms with van der Waals surface area (Å²) in [5.74, 6) is -0.0943. The number of carbonyl (C=O) groups is 2. The minimum Gasteiger partial charge on any atom is -0.352 e. The van der Waals surface area contributed by atoms with E-state index >= 15 is 0 Å². The van der Waals surface area contributed by atoms with Crippen molar-refractivity contribution in [3.8, 4) is 0 Å². The normalized spacial score (nSPS) is 11.1. The number of amides is 2. The molecule has 0 aliphatic heterocycles. The molecule has 0 aromatic heterocycles. The summed E-state index contributed by atoms with van der Waals surface area (Å²) in [6.07, 6.45) is 37.4. The van der Waals surface area contributed by atoms with Gasteiger partial charge >= 0.3 is 0 Å². The van der Waals surface area contributed by atoms with Crippen molar-refractivity contribution in [3.05, 3.63) is 35.4 Å². The van der Waals surface area contributed by atoms with Gasteiger partial charge in [0.1, 0.15) is 0 Å². The highest BCUT2D eigenvalue weighted by molar-refractivity contribution is 5.97. The van der Waals surface area contributed by atoms with E-state index in [0.29, 0.717) is 11.1 Å². The Morgan fingerprint density at radius 1 is 0.364 bits per heavy atom. The van der Waals surface area contributed by atoms with Gasteiger partial charge in [0.05, 0.1) is 0 Å². The summed E-state index contributed by atoms with van der Waals surface area (Å²) in [7, 11) is 0. The van der Waals surface area contributed by atoms with Gasteiger partial charge in [0, 0.05) is 24.2 Å². The van der Waals surface area contributed by atoms with Crippen molar-refractivity contribution in [1.82, 2.24) is 10.6 Å². The minimum absolute atomic E-state index is 0.0472. The van der Waals surface area contributed by atoms with E-state index in [1.807, 2.05) is 0 Å². The van der Waals surface area contributed by atoms with E-state index in [2.05, 4.69) is 24.5 Å². The lowest BCUT2D eigenvalue weighted by molar-refractivity contribution is 0.0941. The predicted molar refractivity (Wildman–Crippen MR) is 192 cm³/mol. The van der Waals surface area contributed by atoms with Crippen molar-refractivity contribution in [2.75, 3.05) is 13.1 Å². The molecule has 0 saturated carbocycles. The van der Waals surface area contributed by atoms with E-state index in [9.17, 15) is 9.59 Å². The van der Waals surface area contributed by atoms with Crippen LogP contribution in [0.2, 0.25) is 0 Å². The smallest absolute Gasteiger partial charge is 0.251 e. The van der Waals surface area contributed by atoms with Crippen molar-refractivity contribution < 1.29 is 9.59 Å². The molecule has 0 spiro atoms. The molecule has 44 heavy (non-hydrogen) atoms. The summed E-state index contributed by atoms with van der Waals surface area (Å²) >= 11 is 0. The fraction of sp³-hybridized carbons (Fsp3) is 0.800. The standard InChI is InChI=1S/C40H72N2O2/c1-3-5-7-9-11-13-15-17-19-21-23-25-27-29-35-41-39(43)37-31-33-38(34-32-37)40(44)42-36-30-28-26-24-22-20-18-16-14-12-10-8-6-4-2/h31-34H,3-30,35-36H2,1-2H3,(H,41,43)(H,42,44). The van der Waals surface area contributed by atoms with Crippen molar-refractivity contribution in [3.63, 3.8) is 0 Å². The van der Waals surface area contributed by atoms with Crippen LogP contribution in [-0.4, -0.2) is 24.9 Å². The first-order valence-corrected chi connectivity index (χ1v) is 19.4. The summed E-state index contributed by atoms with van der Waals surface area (Å²) < 4.78 is 0. The molecular formula is C40H72N2O2. The van der Waals surface area contributed by atoms with Crippen LogP contribution in [0.1, 0.15) is 214 Å². The third-order valence-corrected chi connectivity index (χ3v) is 9.04. The molecule has 0 atom stereocenters. The van der Waals surface area contributed by atoms with Gasteiger partial charge in [-0.15, -0.1) is 0 Å². The average Bonchev–Trinajstić information content (AvgIpc) is 3.04. The zero-order chi connectivity index (χ0) is 31.8. The molecule has 1 aromatic carbocycles. The third-order valence-electron chi connectivity index (χ3n) is 9.04. The molecule has 4 nitrogen and oxygen atoms in total. The van der Waals surface area contributed by atoms with Crippen molar-refractivity contribution in [1.29, 1.82) is 0 Å². The SMILES string of the molecule is CCCCCCCCCCCCCCCCNC(=O)c1ccc(C(=O)NCCCCCCCCCCCCCCCC)cc1. The molecule has 0 bridgehead atoms. The highest BCUT2D eigenvalue weighted by atomic mass is 16.2. The number of rotatable bonds is 32. The molecule has 4 heteroatoms. The average molecular weight is 613 g/mol. The van der Waals surface area contributed by atoms with Gasteiger partial charge in [-0.2, -0.15) is 0 Å². The van der Waals surface area contributed by atoms with Crippen LogP contribution in [0, 0.1) is 0 Å². The second-order valence-electron chi connectivity index (χ2n) is 13.3. The molecule has 0 saturated heterocycles. The first kappa shape index (κ1) is 40.2. The summed E-state index contributed by atoms with van der Waals surface area (Å²) in [5.41, 5.74) is 1.25. The molecule has 1 rings (SSSR count). The minimum atomic E-state index is -0.0472. The number of carbonyl (C=O) groups excluding carboxylic acids is 2. The van der Waals surface area contributed by atoms with Gasteiger partial charge in [0.15, 0.2) is 0 Å². The first-order chi connectivity index (χ1) is 21.7. The quantitative estimate of drug-likeness (QED) is 0.0795. The van der Waals surface area contributed by atoms with E-state index in [1.165, 1.54) is 167 Å². The van der Waals surface area contributed by atoms with Crippen LogP contribution in [-0.2, 0) is 0 Å². The van der Waals surface area contributed by atoms with Crippen LogP contribution < -0.4 is 10.6 Å². The Kier molecular flexibility index (Phi) is 28.5.